The Morgan fingerprint density at radius 2 is 1.78 bits per heavy atom. The topological polar surface area (TPSA) is 104 Å². The number of esters is 1. The Morgan fingerprint density at radius 3 is 2.43 bits per heavy atom. The summed E-state index contributed by atoms with van der Waals surface area (Å²) in [5.41, 5.74) is 2.88. The monoisotopic (exact) mass is 548 g/mol. The van der Waals surface area contributed by atoms with Crippen molar-refractivity contribution in [1.82, 2.24) is 4.37 Å². The molecule has 37 heavy (non-hydrogen) atoms. The van der Waals surface area contributed by atoms with Crippen LogP contribution in [0.4, 0.5) is 5.82 Å². The molecule has 1 aromatic heterocycles. The largest absolute Gasteiger partial charge is 0.465 e. The van der Waals surface area contributed by atoms with E-state index in [9.17, 15) is 13.2 Å². The predicted molar refractivity (Wildman–Crippen MR) is 142 cm³/mol. The van der Waals surface area contributed by atoms with E-state index in [1.165, 1.54) is 22.9 Å². The van der Waals surface area contributed by atoms with Crippen LogP contribution in [0.5, 0.6) is 0 Å². The van der Waals surface area contributed by atoms with Gasteiger partial charge in [0.2, 0.25) is 0 Å². The molecule has 0 spiro atoms. The van der Waals surface area contributed by atoms with Crippen molar-refractivity contribution in [2.75, 3.05) is 45.1 Å². The summed E-state index contributed by atoms with van der Waals surface area (Å²) in [6.45, 7) is 6.56. The van der Waals surface area contributed by atoms with Gasteiger partial charge in [-0.15, -0.1) is 0 Å². The summed E-state index contributed by atoms with van der Waals surface area (Å²) in [7, 11) is -1.26. The lowest BCUT2D eigenvalue weighted by molar-refractivity contribution is 0.0600. The average molecular weight is 549 g/mol. The van der Waals surface area contributed by atoms with Crippen LogP contribution in [0.2, 0.25) is 0 Å². The van der Waals surface area contributed by atoms with Gasteiger partial charge >= 0.3 is 5.97 Å². The Balaban J connectivity index is 2.14. The third-order valence-corrected chi connectivity index (χ3v) is 8.36. The molecule has 0 aliphatic rings. The van der Waals surface area contributed by atoms with Crippen molar-refractivity contribution >= 4 is 33.3 Å². The highest BCUT2D eigenvalue weighted by atomic mass is 32.2. The van der Waals surface area contributed by atoms with E-state index in [2.05, 4.69) is 4.37 Å². The maximum Gasteiger partial charge on any atom is 0.337 e. The van der Waals surface area contributed by atoms with E-state index >= 15 is 0 Å². The number of carbonyl (C=O) groups is 1. The first-order valence-corrected chi connectivity index (χ1v) is 13.9. The van der Waals surface area contributed by atoms with Crippen LogP contribution in [-0.4, -0.2) is 59.5 Å². The Morgan fingerprint density at radius 1 is 1.03 bits per heavy atom. The molecule has 2 aromatic carbocycles. The third kappa shape index (κ3) is 6.55. The average Bonchev–Trinajstić information content (AvgIpc) is 3.24. The van der Waals surface area contributed by atoms with Crippen LogP contribution in [0, 0.1) is 13.8 Å². The molecule has 0 saturated carbocycles. The van der Waals surface area contributed by atoms with Gasteiger partial charge in [-0.2, -0.15) is 4.37 Å². The molecule has 0 amide bonds. The van der Waals surface area contributed by atoms with Gasteiger partial charge in [0.05, 0.1) is 37.4 Å². The first-order valence-electron chi connectivity index (χ1n) is 11.7. The van der Waals surface area contributed by atoms with E-state index in [-0.39, 0.29) is 24.8 Å². The lowest BCUT2D eigenvalue weighted by atomic mass is 9.97. The van der Waals surface area contributed by atoms with E-state index in [4.69, 9.17) is 18.9 Å². The molecule has 3 aromatic rings. The lowest BCUT2D eigenvalue weighted by Crippen LogP contribution is -2.35. The molecule has 0 atom stereocenters. The Hall–Kier alpha value is -2.83. The second-order valence-corrected chi connectivity index (χ2v) is 10.9. The molecule has 0 N–H and O–H groups in total. The van der Waals surface area contributed by atoms with Crippen LogP contribution in [0.25, 0.3) is 11.1 Å². The second kappa shape index (κ2) is 13.1. The number of rotatable bonds is 13. The van der Waals surface area contributed by atoms with Gasteiger partial charge in [0, 0.05) is 29.7 Å². The van der Waals surface area contributed by atoms with Gasteiger partial charge in [0.15, 0.2) is 5.82 Å². The van der Waals surface area contributed by atoms with Crippen molar-refractivity contribution in [2.24, 2.45) is 0 Å². The van der Waals surface area contributed by atoms with Gasteiger partial charge in [0.1, 0.15) is 6.73 Å². The van der Waals surface area contributed by atoms with E-state index in [1.54, 1.807) is 49.6 Å². The van der Waals surface area contributed by atoms with Crippen molar-refractivity contribution in [3.05, 3.63) is 64.0 Å². The van der Waals surface area contributed by atoms with E-state index in [1.807, 2.05) is 20.8 Å². The highest BCUT2D eigenvalue weighted by molar-refractivity contribution is 7.93. The first kappa shape index (κ1) is 28.7. The maximum atomic E-state index is 14.2. The summed E-state index contributed by atoms with van der Waals surface area (Å²) in [5, 5.41) is 0. The standard InChI is InChI=1S/C26H32N2O7S2/c1-6-34-16-21-15-20(26(29)33-5)11-12-22(21)23-9-7-8-10-24(23)37(30,31)28(17-35-14-13-32-4)25-18(2)19(3)36-27-25/h7-12,15H,6,13-14,16-17H2,1-5H3. The van der Waals surface area contributed by atoms with Crippen LogP contribution >= 0.6 is 11.5 Å². The van der Waals surface area contributed by atoms with Crippen molar-refractivity contribution < 1.29 is 32.2 Å². The summed E-state index contributed by atoms with van der Waals surface area (Å²) in [5.74, 6) is -0.163. The number of carbonyl (C=O) groups excluding carboxylic acids is 1. The van der Waals surface area contributed by atoms with Crippen molar-refractivity contribution in [3.63, 3.8) is 0 Å². The molecule has 0 aliphatic heterocycles. The summed E-state index contributed by atoms with van der Waals surface area (Å²) in [4.78, 5) is 13.1. The molecule has 0 unspecified atom stereocenters. The van der Waals surface area contributed by atoms with E-state index in [0.29, 0.717) is 41.3 Å². The van der Waals surface area contributed by atoms with Crippen molar-refractivity contribution in [3.8, 4) is 11.1 Å². The zero-order chi connectivity index (χ0) is 27.0. The molecule has 0 radical (unpaired) electrons. The molecular formula is C26H32N2O7S2. The summed E-state index contributed by atoms with van der Waals surface area (Å²) in [6.07, 6.45) is 0. The van der Waals surface area contributed by atoms with E-state index in [0.717, 1.165) is 10.4 Å². The normalized spacial score (nSPS) is 11.5. The molecule has 0 saturated heterocycles. The molecule has 1 heterocycles. The molecule has 0 fully saturated rings. The Bertz CT molecular complexity index is 1320. The smallest absolute Gasteiger partial charge is 0.337 e. The highest BCUT2D eigenvalue weighted by Gasteiger charge is 2.31. The first-order chi connectivity index (χ1) is 17.8. The minimum Gasteiger partial charge on any atom is -0.465 e. The minimum atomic E-state index is -4.12. The number of nitrogens with zero attached hydrogens (tertiary/aromatic N) is 2. The zero-order valence-corrected chi connectivity index (χ0v) is 23.3. The fourth-order valence-corrected chi connectivity index (χ4v) is 5.94. The van der Waals surface area contributed by atoms with Crippen LogP contribution < -0.4 is 4.31 Å². The number of ether oxygens (including phenoxy) is 4. The molecular weight excluding hydrogens is 516 g/mol. The number of aromatic nitrogens is 1. The van der Waals surface area contributed by atoms with Gasteiger partial charge in [-0.1, -0.05) is 24.3 Å². The summed E-state index contributed by atoms with van der Waals surface area (Å²) in [6, 6.07) is 11.7. The van der Waals surface area contributed by atoms with Crippen LogP contribution in [0.15, 0.2) is 47.4 Å². The fourth-order valence-electron chi connectivity index (χ4n) is 3.64. The lowest BCUT2D eigenvalue weighted by Gasteiger charge is -2.25. The van der Waals surface area contributed by atoms with Gasteiger partial charge in [-0.05, 0) is 61.6 Å². The molecule has 200 valence electrons. The SMILES string of the molecule is CCOCc1cc(C(=O)OC)ccc1-c1ccccc1S(=O)(=O)N(COCCOC)c1nsc(C)c1C. The number of hydrogen-bond acceptors (Lipinski definition) is 9. The maximum absolute atomic E-state index is 14.2. The number of aryl methyl sites for hydroxylation is 1. The Labute approximate surface area is 222 Å². The molecule has 3 rings (SSSR count). The molecule has 9 nitrogen and oxygen atoms in total. The summed E-state index contributed by atoms with van der Waals surface area (Å²) >= 11 is 1.24. The van der Waals surface area contributed by atoms with Gasteiger partial charge < -0.3 is 18.9 Å². The van der Waals surface area contributed by atoms with E-state index < -0.39 is 16.0 Å². The van der Waals surface area contributed by atoms with Crippen LogP contribution in [-0.2, 0) is 35.6 Å². The van der Waals surface area contributed by atoms with Crippen LogP contribution in [0.1, 0.15) is 33.3 Å². The number of benzene rings is 2. The number of sulfonamides is 1. The van der Waals surface area contributed by atoms with Gasteiger partial charge in [0.25, 0.3) is 10.0 Å². The van der Waals surface area contributed by atoms with Crippen LogP contribution in [0.3, 0.4) is 0 Å². The molecule has 0 aliphatic carbocycles. The predicted octanol–water partition coefficient (Wildman–Crippen LogP) is 4.57. The van der Waals surface area contributed by atoms with Crippen molar-refractivity contribution in [1.29, 1.82) is 0 Å². The zero-order valence-electron chi connectivity index (χ0n) is 21.6. The molecule has 0 bridgehead atoms. The number of anilines is 1. The van der Waals surface area contributed by atoms with Gasteiger partial charge in [-0.25, -0.2) is 17.5 Å². The minimum absolute atomic E-state index is 0.0824. The number of methoxy groups -OCH3 is 2. The Kier molecular flexibility index (Phi) is 10.2. The van der Waals surface area contributed by atoms with Gasteiger partial charge in [-0.3, -0.25) is 0 Å². The fraction of sp³-hybridized carbons (Fsp3) is 0.385. The third-order valence-electron chi connectivity index (χ3n) is 5.74. The second-order valence-electron chi connectivity index (χ2n) is 8.07. The highest BCUT2D eigenvalue weighted by Crippen LogP contribution is 2.36. The van der Waals surface area contributed by atoms with Crippen molar-refractivity contribution in [2.45, 2.75) is 32.3 Å². The number of hydrogen-bond donors (Lipinski definition) is 0. The quantitative estimate of drug-likeness (QED) is 0.174. The summed E-state index contributed by atoms with van der Waals surface area (Å²) < 4.78 is 55.1. The molecule has 11 heteroatoms.